The summed E-state index contributed by atoms with van der Waals surface area (Å²) in [6.45, 7) is 2.46. The van der Waals surface area contributed by atoms with Crippen molar-refractivity contribution in [2.24, 2.45) is 5.10 Å². The Balaban J connectivity index is 2.29. The smallest absolute Gasteiger partial charge is 0.328 e. The molecule has 0 bridgehead atoms. The van der Waals surface area contributed by atoms with Crippen LogP contribution < -0.4 is 10.3 Å². The van der Waals surface area contributed by atoms with Gasteiger partial charge >= 0.3 is 5.97 Å². The number of hydrogen-bond donors (Lipinski definition) is 2. The number of nitrogens with zero attached hydrogens (tertiary/aromatic N) is 2. The number of carbonyl (C=O) groups is 3. The van der Waals surface area contributed by atoms with Gasteiger partial charge in [-0.15, -0.1) is 0 Å². The fraction of sp³-hybridized carbons (Fsp3) is 0.375. The molecule has 1 heterocycles. The number of carboxylic acids is 1. The van der Waals surface area contributed by atoms with E-state index in [1.807, 2.05) is 26.0 Å². The lowest BCUT2D eigenvalue weighted by Crippen LogP contribution is -2.47. The normalized spacial score (nSPS) is 15.7. The van der Waals surface area contributed by atoms with E-state index in [-0.39, 0.29) is 24.5 Å². The van der Waals surface area contributed by atoms with Crippen molar-refractivity contribution in [3.8, 4) is 0 Å². The van der Waals surface area contributed by atoms with Gasteiger partial charge in [0.1, 0.15) is 12.4 Å². The summed E-state index contributed by atoms with van der Waals surface area (Å²) in [7, 11) is 0. The number of halogens is 1. The molecule has 0 fully saturated rings. The summed E-state index contributed by atoms with van der Waals surface area (Å²) in [6.07, 6.45) is 0.137. The van der Waals surface area contributed by atoms with Crippen LogP contribution >= 0.6 is 0 Å². The van der Waals surface area contributed by atoms with E-state index in [1.165, 1.54) is 0 Å². The highest BCUT2D eigenvalue weighted by Gasteiger charge is 2.29. The molecule has 1 aromatic carbocycles. The minimum atomic E-state index is -1.63. The van der Waals surface area contributed by atoms with Crippen molar-refractivity contribution >= 4 is 29.2 Å². The molecule has 24 heavy (non-hydrogen) atoms. The van der Waals surface area contributed by atoms with Crippen LogP contribution in [0, 0.1) is 13.8 Å². The third kappa shape index (κ3) is 3.76. The average molecular weight is 335 g/mol. The number of benzene rings is 1. The van der Waals surface area contributed by atoms with Crippen molar-refractivity contribution in [3.05, 3.63) is 29.3 Å². The lowest BCUT2D eigenvalue weighted by molar-refractivity contribution is -0.141. The Morgan fingerprint density at radius 2 is 2.08 bits per heavy atom. The van der Waals surface area contributed by atoms with Crippen molar-refractivity contribution < 1.29 is 23.9 Å². The fourth-order valence-corrected chi connectivity index (χ4v) is 2.26. The molecule has 1 aliphatic rings. The van der Waals surface area contributed by atoms with Crippen LogP contribution in [0.2, 0.25) is 0 Å². The second-order valence-electron chi connectivity index (χ2n) is 5.56. The number of nitrogens with one attached hydrogen (secondary N) is 1. The number of aliphatic carboxylic acids is 1. The Kier molecular flexibility index (Phi) is 5.28. The summed E-state index contributed by atoms with van der Waals surface area (Å²) in [5.41, 5.74) is 2.30. The van der Waals surface area contributed by atoms with Crippen LogP contribution in [0.25, 0.3) is 0 Å². The van der Waals surface area contributed by atoms with Gasteiger partial charge in [0, 0.05) is 12.8 Å². The van der Waals surface area contributed by atoms with Crippen molar-refractivity contribution in [1.29, 1.82) is 0 Å². The van der Waals surface area contributed by atoms with Crippen LogP contribution in [0.15, 0.2) is 23.3 Å². The van der Waals surface area contributed by atoms with E-state index in [1.54, 1.807) is 6.07 Å². The first-order valence-electron chi connectivity index (χ1n) is 7.40. The molecule has 0 spiro atoms. The summed E-state index contributed by atoms with van der Waals surface area (Å²) in [4.78, 5) is 35.1. The minimum Gasteiger partial charge on any atom is -0.480 e. The van der Waals surface area contributed by atoms with E-state index >= 15 is 0 Å². The average Bonchev–Trinajstić information content (AvgIpc) is 2.55. The number of amides is 2. The Labute approximate surface area is 138 Å². The molecule has 7 nitrogen and oxygen atoms in total. The maximum Gasteiger partial charge on any atom is 0.328 e. The molecular formula is C16H18FN3O4. The zero-order valence-electron chi connectivity index (χ0n) is 13.4. The summed E-state index contributed by atoms with van der Waals surface area (Å²) in [6, 6.07) is 3.88. The van der Waals surface area contributed by atoms with E-state index in [0.29, 0.717) is 5.69 Å². The third-order valence-corrected chi connectivity index (χ3v) is 3.65. The third-order valence-electron chi connectivity index (χ3n) is 3.65. The van der Waals surface area contributed by atoms with Gasteiger partial charge in [0.05, 0.1) is 5.69 Å². The summed E-state index contributed by atoms with van der Waals surface area (Å²) in [5.74, 6) is -2.52. The standard InChI is InChI=1S/C16H18FN3O4/c1-9-3-4-10(2)13(7-9)20-14(21)6-5-11(19-20)15(22)18-12(8-17)16(23)24/h3-4,7,12H,5-6,8H2,1-2H3,(H,18,22)(H,23,24). The number of rotatable bonds is 5. The van der Waals surface area contributed by atoms with Gasteiger partial charge in [0.15, 0.2) is 6.04 Å². The molecule has 1 unspecified atom stereocenters. The van der Waals surface area contributed by atoms with E-state index in [9.17, 15) is 18.8 Å². The first-order chi connectivity index (χ1) is 11.3. The number of carbonyl (C=O) groups excluding carboxylic acids is 2. The zero-order chi connectivity index (χ0) is 17.9. The van der Waals surface area contributed by atoms with Gasteiger partial charge in [0.2, 0.25) is 5.91 Å². The van der Waals surface area contributed by atoms with Crippen LogP contribution in [-0.4, -0.2) is 41.3 Å². The molecule has 0 aliphatic carbocycles. The second-order valence-corrected chi connectivity index (χ2v) is 5.56. The highest BCUT2D eigenvalue weighted by Crippen LogP contribution is 2.25. The van der Waals surface area contributed by atoms with Crippen LogP contribution in [0.3, 0.4) is 0 Å². The Morgan fingerprint density at radius 1 is 1.38 bits per heavy atom. The van der Waals surface area contributed by atoms with Gasteiger partial charge in [-0.2, -0.15) is 5.10 Å². The number of anilines is 1. The second kappa shape index (κ2) is 7.20. The molecule has 1 atom stereocenters. The maximum absolute atomic E-state index is 12.6. The SMILES string of the molecule is Cc1ccc(C)c(N2N=C(C(=O)NC(CF)C(=O)O)CCC2=O)c1. The topological polar surface area (TPSA) is 99.1 Å². The molecule has 128 valence electrons. The van der Waals surface area contributed by atoms with Crippen LogP contribution in [0.4, 0.5) is 10.1 Å². The molecule has 2 amide bonds. The Hall–Kier alpha value is -2.77. The van der Waals surface area contributed by atoms with Gasteiger partial charge in [-0.25, -0.2) is 14.2 Å². The lowest BCUT2D eigenvalue weighted by Gasteiger charge is -2.25. The molecule has 1 aromatic rings. The van der Waals surface area contributed by atoms with Gasteiger partial charge in [0.25, 0.3) is 5.91 Å². The first kappa shape index (κ1) is 17.6. The summed E-state index contributed by atoms with van der Waals surface area (Å²) < 4.78 is 12.6. The molecule has 0 radical (unpaired) electrons. The van der Waals surface area contributed by atoms with Gasteiger partial charge in [-0.3, -0.25) is 9.59 Å². The van der Waals surface area contributed by atoms with Crippen molar-refractivity contribution in [2.75, 3.05) is 11.7 Å². The predicted molar refractivity (Wildman–Crippen MR) is 85.6 cm³/mol. The molecule has 2 N–H and O–H groups in total. The molecular weight excluding hydrogens is 317 g/mol. The molecule has 0 saturated heterocycles. The number of carboxylic acid groups (broad SMARTS) is 1. The predicted octanol–water partition coefficient (Wildman–Crippen LogP) is 1.33. The van der Waals surface area contributed by atoms with E-state index in [2.05, 4.69) is 10.4 Å². The number of alkyl halides is 1. The minimum absolute atomic E-state index is 0.00444. The molecule has 8 heteroatoms. The van der Waals surface area contributed by atoms with Gasteiger partial charge < -0.3 is 10.4 Å². The Bertz CT molecular complexity index is 717. The highest BCUT2D eigenvalue weighted by atomic mass is 19.1. The van der Waals surface area contributed by atoms with Crippen molar-refractivity contribution in [1.82, 2.24) is 5.32 Å². The van der Waals surface area contributed by atoms with E-state index < -0.39 is 24.6 Å². The number of hydrazone groups is 1. The van der Waals surface area contributed by atoms with Gasteiger partial charge in [-0.05, 0) is 31.0 Å². The van der Waals surface area contributed by atoms with Gasteiger partial charge in [-0.1, -0.05) is 12.1 Å². The largest absolute Gasteiger partial charge is 0.480 e. The molecule has 0 saturated carbocycles. The highest BCUT2D eigenvalue weighted by molar-refractivity contribution is 6.40. The van der Waals surface area contributed by atoms with E-state index in [4.69, 9.17) is 5.11 Å². The van der Waals surface area contributed by atoms with Crippen molar-refractivity contribution in [3.63, 3.8) is 0 Å². The quantitative estimate of drug-likeness (QED) is 0.848. The molecule has 1 aliphatic heterocycles. The van der Waals surface area contributed by atoms with Crippen LogP contribution in [0.1, 0.15) is 24.0 Å². The van der Waals surface area contributed by atoms with Crippen LogP contribution in [-0.2, 0) is 14.4 Å². The van der Waals surface area contributed by atoms with Crippen molar-refractivity contribution in [2.45, 2.75) is 32.7 Å². The monoisotopic (exact) mass is 335 g/mol. The first-order valence-corrected chi connectivity index (χ1v) is 7.40. The zero-order valence-corrected chi connectivity index (χ0v) is 13.4. The van der Waals surface area contributed by atoms with E-state index in [0.717, 1.165) is 16.1 Å². The maximum atomic E-state index is 12.6. The summed E-state index contributed by atoms with van der Waals surface area (Å²) >= 11 is 0. The fourth-order valence-electron chi connectivity index (χ4n) is 2.26. The number of aryl methyl sites for hydroxylation is 2. The Morgan fingerprint density at radius 3 is 2.71 bits per heavy atom. The lowest BCUT2D eigenvalue weighted by atomic mass is 10.1. The summed E-state index contributed by atoms with van der Waals surface area (Å²) in [5, 5.41) is 16.1. The van der Waals surface area contributed by atoms with Crippen LogP contribution in [0.5, 0.6) is 0 Å². The molecule has 0 aromatic heterocycles. The molecule has 2 rings (SSSR count). The number of hydrogen-bond acceptors (Lipinski definition) is 4.